The molecule has 6 nitrogen and oxygen atoms in total. The lowest BCUT2D eigenvalue weighted by Crippen LogP contribution is -2.34. The first-order valence-corrected chi connectivity index (χ1v) is 8.51. The Morgan fingerprint density at radius 3 is 2.96 bits per heavy atom. The lowest BCUT2D eigenvalue weighted by Gasteiger charge is -2.22. The third-order valence-electron chi connectivity index (χ3n) is 4.25. The molecule has 0 spiro atoms. The Morgan fingerprint density at radius 1 is 1.19 bits per heavy atom. The number of anilines is 1. The van der Waals surface area contributed by atoms with E-state index < -0.39 is 0 Å². The number of hydrogen-bond donors (Lipinski definition) is 1. The molecule has 0 fully saturated rings. The molecule has 1 N–H and O–H groups in total. The molecule has 2 aromatic heterocycles. The number of carbonyl (C=O) groups is 1. The number of hydrogen-bond acceptors (Lipinski definition) is 4. The van der Waals surface area contributed by atoms with Crippen molar-refractivity contribution in [3.05, 3.63) is 78.0 Å². The quantitative estimate of drug-likeness (QED) is 0.760. The molecule has 0 atom stereocenters. The predicted molar refractivity (Wildman–Crippen MR) is 96.9 cm³/mol. The molecule has 0 saturated heterocycles. The van der Waals surface area contributed by atoms with Crippen LogP contribution in [0.4, 0.5) is 10.5 Å². The van der Waals surface area contributed by atoms with Gasteiger partial charge in [0.05, 0.1) is 19.4 Å². The Morgan fingerprint density at radius 2 is 2.15 bits per heavy atom. The zero-order chi connectivity index (χ0) is 17.8. The van der Waals surface area contributed by atoms with Gasteiger partial charge in [-0.25, -0.2) is 4.79 Å². The third kappa shape index (κ3) is 3.69. The Labute approximate surface area is 151 Å². The molecule has 0 bridgehead atoms. The van der Waals surface area contributed by atoms with Crippen molar-refractivity contribution in [1.82, 2.24) is 9.88 Å². The summed E-state index contributed by atoms with van der Waals surface area (Å²) in [7, 11) is 0. The lowest BCUT2D eigenvalue weighted by molar-refractivity contribution is 0.201. The van der Waals surface area contributed by atoms with Crippen LogP contribution in [0.1, 0.15) is 16.9 Å². The van der Waals surface area contributed by atoms with Gasteiger partial charge in [0.25, 0.3) is 0 Å². The van der Waals surface area contributed by atoms with Gasteiger partial charge in [0.15, 0.2) is 0 Å². The number of nitrogens with zero attached hydrogens (tertiary/aromatic N) is 2. The van der Waals surface area contributed by atoms with Crippen LogP contribution in [0.2, 0.25) is 0 Å². The van der Waals surface area contributed by atoms with Crippen LogP contribution in [0.5, 0.6) is 5.75 Å². The largest absolute Gasteiger partial charge is 0.493 e. The summed E-state index contributed by atoms with van der Waals surface area (Å²) in [6.45, 7) is 1.51. The molecule has 1 aromatic carbocycles. The number of carbonyl (C=O) groups excluding carboxylic acids is 1. The second-order valence-electron chi connectivity index (χ2n) is 6.15. The molecule has 0 saturated carbocycles. The molecule has 3 aromatic rings. The fourth-order valence-electron chi connectivity index (χ4n) is 2.97. The summed E-state index contributed by atoms with van der Waals surface area (Å²) in [6.07, 6.45) is 5.95. The van der Waals surface area contributed by atoms with Crippen molar-refractivity contribution < 1.29 is 13.9 Å². The summed E-state index contributed by atoms with van der Waals surface area (Å²) in [6, 6.07) is 13.0. The van der Waals surface area contributed by atoms with Crippen LogP contribution in [-0.4, -0.2) is 22.5 Å². The van der Waals surface area contributed by atoms with Crippen LogP contribution in [0.15, 0.2) is 65.5 Å². The van der Waals surface area contributed by atoms with Crippen molar-refractivity contribution in [3.8, 4) is 5.75 Å². The van der Waals surface area contributed by atoms with Crippen LogP contribution < -0.4 is 10.1 Å². The number of urea groups is 1. The molecule has 4 rings (SSSR count). The van der Waals surface area contributed by atoms with Gasteiger partial charge >= 0.3 is 6.03 Å². The van der Waals surface area contributed by atoms with E-state index in [1.807, 2.05) is 42.5 Å². The maximum atomic E-state index is 12.9. The topological polar surface area (TPSA) is 67.6 Å². The zero-order valence-electron chi connectivity index (χ0n) is 14.2. The van der Waals surface area contributed by atoms with Crippen molar-refractivity contribution in [2.75, 3.05) is 11.9 Å². The molecule has 6 heteroatoms. The van der Waals surface area contributed by atoms with Crippen LogP contribution in [-0.2, 0) is 19.5 Å². The number of pyridine rings is 1. The summed E-state index contributed by atoms with van der Waals surface area (Å²) in [5.74, 6) is 1.62. The third-order valence-corrected chi connectivity index (χ3v) is 4.25. The van der Waals surface area contributed by atoms with Gasteiger partial charge in [-0.15, -0.1) is 0 Å². The van der Waals surface area contributed by atoms with E-state index in [-0.39, 0.29) is 6.03 Å². The van der Waals surface area contributed by atoms with E-state index >= 15 is 0 Å². The number of furan rings is 1. The monoisotopic (exact) mass is 349 g/mol. The maximum Gasteiger partial charge on any atom is 0.322 e. The highest BCUT2D eigenvalue weighted by molar-refractivity contribution is 5.89. The fraction of sp³-hybridized carbons (Fsp3) is 0.200. The normalized spacial score (nSPS) is 12.3. The molecule has 0 unspecified atom stereocenters. The van der Waals surface area contributed by atoms with Crippen molar-refractivity contribution >= 4 is 11.7 Å². The fourth-order valence-corrected chi connectivity index (χ4v) is 2.97. The molecular weight excluding hydrogens is 330 g/mol. The van der Waals surface area contributed by atoms with E-state index in [9.17, 15) is 4.79 Å². The molecular formula is C20H19N3O3. The SMILES string of the molecule is O=C(Nc1ccc2c(c1)CCO2)N(Cc1cccnc1)Cc1ccco1. The number of amides is 2. The first-order valence-electron chi connectivity index (χ1n) is 8.51. The number of fused-ring (bicyclic) bond motifs is 1. The molecule has 1 aliphatic heterocycles. The highest BCUT2D eigenvalue weighted by Gasteiger charge is 2.18. The van der Waals surface area contributed by atoms with Crippen LogP contribution in [0.25, 0.3) is 0 Å². The van der Waals surface area contributed by atoms with Crippen LogP contribution in [0, 0.1) is 0 Å². The van der Waals surface area contributed by atoms with Gasteiger partial charge in [-0.2, -0.15) is 0 Å². The van der Waals surface area contributed by atoms with Crippen LogP contribution in [0.3, 0.4) is 0 Å². The predicted octanol–water partition coefficient (Wildman–Crippen LogP) is 3.84. The van der Waals surface area contributed by atoms with Gasteiger partial charge in [-0.05, 0) is 47.5 Å². The second kappa shape index (κ2) is 7.31. The minimum Gasteiger partial charge on any atom is -0.493 e. The highest BCUT2D eigenvalue weighted by Crippen LogP contribution is 2.28. The molecule has 0 aliphatic carbocycles. The molecule has 26 heavy (non-hydrogen) atoms. The number of nitrogens with one attached hydrogen (secondary N) is 1. The standard InChI is InChI=1S/C20H19N3O3/c24-20(22-17-5-6-19-16(11-17)7-10-26-19)23(14-18-4-2-9-25-18)13-15-3-1-8-21-12-15/h1-6,8-9,11-12H,7,10,13-14H2,(H,22,24). The van der Waals surface area contributed by atoms with Gasteiger partial charge in [0.2, 0.25) is 0 Å². The van der Waals surface area contributed by atoms with E-state index in [1.165, 1.54) is 0 Å². The first kappa shape index (κ1) is 16.2. The summed E-state index contributed by atoms with van der Waals surface area (Å²) in [4.78, 5) is 18.7. The van der Waals surface area contributed by atoms with Crippen molar-refractivity contribution in [2.24, 2.45) is 0 Å². The van der Waals surface area contributed by atoms with E-state index in [0.717, 1.165) is 34.7 Å². The zero-order valence-corrected chi connectivity index (χ0v) is 14.2. The maximum absolute atomic E-state index is 12.9. The molecule has 1 aliphatic rings. The summed E-state index contributed by atoms with van der Waals surface area (Å²) in [5, 5.41) is 2.97. The smallest absolute Gasteiger partial charge is 0.322 e. The van der Waals surface area contributed by atoms with E-state index in [4.69, 9.17) is 9.15 Å². The number of ether oxygens (including phenoxy) is 1. The number of benzene rings is 1. The number of aromatic nitrogens is 1. The molecule has 0 radical (unpaired) electrons. The molecule has 3 heterocycles. The lowest BCUT2D eigenvalue weighted by atomic mass is 10.1. The van der Waals surface area contributed by atoms with Gasteiger partial charge in [-0.1, -0.05) is 6.07 Å². The Bertz CT molecular complexity index is 879. The summed E-state index contributed by atoms with van der Waals surface area (Å²) >= 11 is 0. The molecule has 132 valence electrons. The van der Waals surface area contributed by atoms with Gasteiger partial charge in [-0.3, -0.25) is 4.98 Å². The van der Waals surface area contributed by atoms with Crippen molar-refractivity contribution in [2.45, 2.75) is 19.5 Å². The first-order chi connectivity index (χ1) is 12.8. The van der Waals surface area contributed by atoms with E-state index in [1.54, 1.807) is 23.6 Å². The van der Waals surface area contributed by atoms with E-state index in [0.29, 0.717) is 19.7 Å². The van der Waals surface area contributed by atoms with Gasteiger partial charge in [0.1, 0.15) is 11.5 Å². The number of rotatable bonds is 5. The minimum absolute atomic E-state index is 0.191. The Balaban J connectivity index is 1.51. The second-order valence-corrected chi connectivity index (χ2v) is 6.15. The van der Waals surface area contributed by atoms with Gasteiger partial charge < -0.3 is 19.4 Å². The van der Waals surface area contributed by atoms with E-state index in [2.05, 4.69) is 10.3 Å². The molecule has 2 amide bonds. The van der Waals surface area contributed by atoms with Gasteiger partial charge in [0, 0.05) is 31.0 Å². The summed E-state index contributed by atoms with van der Waals surface area (Å²) in [5.41, 5.74) is 2.83. The Kier molecular flexibility index (Phi) is 4.55. The van der Waals surface area contributed by atoms with Crippen molar-refractivity contribution in [1.29, 1.82) is 0 Å². The Hall–Kier alpha value is -3.28. The highest BCUT2D eigenvalue weighted by atomic mass is 16.5. The average molecular weight is 349 g/mol. The van der Waals surface area contributed by atoms with Crippen LogP contribution >= 0.6 is 0 Å². The average Bonchev–Trinajstić information content (AvgIpc) is 3.33. The summed E-state index contributed by atoms with van der Waals surface area (Å²) < 4.78 is 10.9. The minimum atomic E-state index is -0.191. The van der Waals surface area contributed by atoms with Crippen molar-refractivity contribution in [3.63, 3.8) is 0 Å².